The topological polar surface area (TPSA) is 96.9 Å². The van der Waals surface area contributed by atoms with Crippen LogP contribution in [-0.4, -0.2) is 67.4 Å². The summed E-state index contributed by atoms with van der Waals surface area (Å²) in [6.45, 7) is 2.61. The number of aliphatic hydroxyl groups is 1. The minimum Gasteiger partial charge on any atom is -0.391 e. The van der Waals surface area contributed by atoms with E-state index in [1.165, 1.54) is 0 Å². The molecule has 0 radical (unpaired) electrons. The summed E-state index contributed by atoms with van der Waals surface area (Å²) in [7, 11) is 1.77. The molecular weight excluding hydrogens is 346 g/mol. The van der Waals surface area contributed by atoms with Crippen molar-refractivity contribution >= 4 is 35.8 Å². The maximum Gasteiger partial charge on any atom is 0.324 e. The Kier molecular flexibility index (Phi) is 6.46. The predicted molar refractivity (Wildman–Crippen MR) is 98.5 cm³/mol. The third-order valence-electron chi connectivity index (χ3n) is 4.39. The maximum absolute atomic E-state index is 12.1. The fourth-order valence-corrected chi connectivity index (χ4v) is 2.97. The summed E-state index contributed by atoms with van der Waals surface area (Å²) in [6.07, 6.45) is 0.0754. The molecular formula is C16H24ClN5O3. The molecule has 0 spiro atoms. The Morgan fingerprint density at radius 3 is 2.84 bits per heavy atom. The number of hydrogen-bond acceptors (Lipinski definition) is 4. The Morgan fingerprint density at radius 2 is 2.16 bits per heavy atom. The average molecular weight is 370 g/mol. The number of carbonyl (C=O) groups excluding carboxylic acids is 2. The van der Waals surface area contributed by atoms with Crippen LogP contribution in [0.4, 0.5) is 21.0 Å². The van der Waals surface area contributed by atoms with Gasteiger partial charge in [-0.05, 0) is 31.2 Å². The second-order valence-electron chi connectivity index (χ2n) is 6.17. The smallest absolute Gasteiger partial charge is 0.324 e. The molecule has 0 saturated carbocycles. The summed E-state index contributed by atoms with van der Waals surface area (Å²) in [5.41, 5.74) is 1.35. The zero-order chi connectivity index (χ0) is 17.1. The summed E-state index contributed by atoms with van der Waals surface area (Å²) in [5.74, 6) is 0. The monoisotopic (exact) mass is 369 g/mol. The number of nitrogens with zero attached hydrogens (tertiary/aromatic N) is 2. The molecule has 25 heavy (non-hydrogen) atoms. The largest absolute Gasteiger partial charge is 0.391 e. The van der Waals surface area contributed by atoms with Gasteiger partial charge in [-0.15, -0.1) is 12.4 Å². The van der Waals surface area contributed by atoms with E-state index in [2.05, 4.69) is 16.0 Å². The van der Waals surface area contributed by atoms with Gasteiger partial charge in [0.25, 0.3) is 0 Å². The maximum atomic E-state index is 12.1. The average Bonchev–Trinajstić information content (AvgIpc) is 2.89. The first-order chi connectivity index (χ1) is 11.5. The van der Waals surface area contributed by atoms with Crippen LogP contribution in [0.3, 0.4) is 0 Å². The van der Waals surface area contributed by atoms with E-state index in [1.54, 1.807) is 35.0 Å². The van der Waals surface area contributed by atoms with Gasteiger partial charge in [0.1, 0.15) is 0 Å². The highest BCUT2D eigenvalue weighted by molar-refractivity contribution is 5.95. The van der Waals surface area contributed by atoms with E-state index in [9.17, 15) is 14.7 Å². The van der Waals surface area contributed by atoms with E-state index < -0.39 is 6.10 Å². The van der Waals surface area contributed by atoms with Crippen LogP contribution in [0.5, 0.6) is 0 Å². The molecule has 0 aromatic heterocycles. The van der Waals surface area contributed by atoms with Gasteiger partial charge in [0, 0.05) is 38.1 Å². The Labute approximate surface area is 153 Å². The molecule has 4 N–H and O–H groups in total. The summed E-state index contributed by atoms with van der Waals surface area (Å²) in [4.78, 5) is 27.5. The third kappa shape index (κ3) is 4.53. The fourth-order valence-electron chi connectivity index (χ4n) is 2.97. The first kappa shape index (κ1) is 19.3. The zero-order valence-corrected chi connectivity index (χ0v) is 14.9. The lowest BCUT2D eigenvalue weighted by atomic mass is 10.0. The molecule has 2 atom stereocenters. The minimum atomic E-state index is -0.541. The van der Waals surface area contributed by atoms with Crippen LogP contribution in [0, 0.1) is 0 Å². The number of nitrogens with one attached hydrogen (secondary N) is 3. The highest BCUT2D eigenvalue weighted by Gasteiger charge is 2.27. The third-order valence-corrected chi connectivity index (χ3v) is 4.39. The van der Waals surface area contributed by atoms with Crippen LogP contribution in [-0.2, 0) is 0 Å². The molecule has 4 amide bonds. The number of likely N-dealkylation sites (N-methyl/N-ethyl adjacent to an activating group) is 1. The summed E-state index contributed by atoms with van der Waals surface area (Å²) in [6, 6.07) is 6.45. The van der Waals surface area contributed by atoms with Gasteiger partial charge in [0.05, 0.1) is 12.1 Å². The molecule has 0 bridgehead atoms. The standard InChI is InChI=1S/C16H23N5O3.ClH/c1-20-7-8-21(16(20)24)12-4-2-3-11(9-12)18-15(23)19-13-10-17-6-5-14(13)22;/h2-4,9,13-14,17,22H,5-8,10H2,1H3,(H2,18,19,23);1H/t13-,14-;/m1./s1. The molecule has 3 rings (SSSR count). The summed E-state index contributed by atoms with van der Waals surface area (Å²) >= 11 is 0. The first-order valence-electron chi connectivity index (χ1n) is 8.13. The van der Waals surface area contributed by atoms with E-state index in [0.717, 1.165) is 12.2 Å². The molecule has 1 aromatic carbocycles. The molecule has 2 heterocycles. The number of anilines is 2. The number of benzene rings is 1. The molecule has 2 fully saturated rings. The second-order valence-corrected chi connectivity index (χ2v) is 6.17. The molecule has 9 heteroatoms. The van der Waals surface area contributed by atoms with E-state index in [4.69, 9.17) is 0 Å². The van der Waals surface area contributed by atoms with Gasteiger partial charge in [0.15, 0.2) is 0 Å². The van der Waals surface area contributed by atoms with Gasteiger partial charge >= 0.3 is 12.1 Å². The lowest BCUT2D eigenvalue weighted by Crippen LogP contribution is -2.54. The lowest BCUT2D eigenvalue weighted by Gasteiger charge is -2.29. The highest BCUT2D eigenvalue weighted by Crippen LogP contribution is 2.23. The van der Waals surface area contributed by atoms with E-state index in [1.807, 2.05) is 6.07 Å². The van der Waals surface area contributed by atoms with Gasteiger partial charge in [-0.25, -0.2) is 9.59 Å². The minimum absolute atomic E-state index is 0. The van der Waals surface area contributed by atoms with Crippen LogP contribution < -0.4 is 20.9 Å². The lowest BCUT2D eigenvalue weighted by molar-refractivity contribution is 0.103. The first-order valence-corrected chi connectivity index (χ1v) is 8.13. The number of hydrogen-bond donors (Lipinski definition) is 4. The molecule has 1 aromatic rings. The van der Waals surface area contributed by atoms with Crippen LogP contribution in [0.1, 0.15) is 6.42 Å². The van der Waals surface area contributed by atoms with Crippen molar-refractivity contribution in [1.29, 1.82) is 0 Å². The number of rotatable bonds is 3. The molecule has 0 unspecified atom stereocenters. The Bertz CT molecular complexity index is 630. The van der Waals surface area contributed by atoms with Crippen molar-refractivity contribution in [3.05, 3.63) is 24.3 Å². The number of carbonyl (C=O) groups is 2. The van der Waals surface area contributed by atoms with Crippen molar-refractivity contribution in [1.82, 2.24) is 15.5 Å². The van der Waals surface area contributed by atoms with Gasteiger partial charge in [-0.2, -0.15) is 0 Å². The molecule has 2 saturated heterocycles. The Balaban J connectivity index is 0.00000225. The summed E-state index contributed by atoms with van der Waals surface area (Å²) < 4.78 is 0. The highest BCUT2D eigenvalue weighted by atomic mass is 35.5. The number of amides is 4. The Hall–Kier alpha value is -2.03. The molecule has 2 aliphatic heterocycles. The van der Waals surface area contributed by atoms with Crippen LogP contribution in [0.25, 0.3) is 0 Å². The van der Waals surface area contributed by atoms with Crippen molar-refractivity contribution in [2.75, 3.05) is 43.4 Å². The van der Waals surface area contributed by atoms with Crippen LogP contribution in [0.15, 0.2) is 24.3 Å². The van der Waals surface area contributed by atoms with Crippen molar-refractivity contribution in [2.45, 2.75) is 18.6 Å². The van der Waals surface area contributed by atoms with Crippen molar-refractivity contribution in [3.8, 4) is 0 Å². The molecule has 8 nitrogen and oxygen atoms in total. The predicted octanol–water partition coefficient (Wildman–Crippen LogP) is 0.825. The van der Waals surface area contributed by atoms with E-state index >= 15 is 0 Å². The van der Waals surface area contributed by atoms with Gasteiger partial charge < -0.3 is 26.0 Å². The molecule has 0 aliphatic carbocycles. The van der Waals surface area contributed by atoms with Crippen LogP contribution in [0.2, 0.25) is 0 Å². The quantitative estimate of drug-likeness (QED) is 0.634. The second kappa shape index (κ2) is 8.37. The van der Waals surface area contributed by atoms with Gasteiger partial charge in [-0.3, -0.25) is 4.90 Å². The van der Waals surface area contributed by atoms with Gasteiger partial charge in [0.2, 0.25) is 0 Å². The van der Waals surface area contributed by atoms with Crippen molar-refractivity contribution < 1.29 is 14.7 Å². The van der Waals surface area contributed by atoms with Crippen molar-refractivity contribution in [2.24, 2.45) is 0 Å². The molecule has 138 valence electrons. The SMILES string of the molecule is CN1CCN(c2cccc(NC(=O)N[C@@H]3CNCC[C@H]3O)c2)C1=O.Cl. The number of piperidine rings is 1. The number of aliphatic hydroxyl groups excluding tert-OH is 1. The zero-order valence-electron chi connectivity index (χ0n) is 14.1. The summed E-state index contributed by atoms with van der Waals surface area (Å²) in [5, 5.41) is 18.6. The van der Waals surface area contributed by atoms with E-state index in [0.29, 0.717) is 31.7 Å². The number of halogens is 1. The van der Waals surface area contributed by atoms with Gasteiger partial charge in [-0.1, -0.05) is 6.07 Å². The molecule has 2 aliphatic rings. The Morgan fingerprint density at radius 1 is 1.36 bits per heavy atom. The normalized spacial score (nSPS) is 23.2. The van der Waals surface area contributed by atoms with Crippen LogP contribution >= 0.6 is 12.4 Å². The van der Waals surface area contributed by atoms with Crippen molar-refractivity contribution in [3.63, 3.8) is 0 Å². The fraction of sp³-hybridized carbons (Fsp3) is 0.500. The number of urea groups is 2. The van der Waals surface area contributed by atoms with E-state index in [-0.39, 0.29) is 30.5 Å².